The Kier molecular flexibility index (Phi) is 4.91. The van der Waals surface area contributed by atoms with E-state index in [2.05, 4.69) is 15.0 Å². The molecular weight excluding hydrogens is 408 g/mol. The molecule has 3 aliphatic heterocycles. The highest BCUT2D eigenvalue weighted by molar-refractivity contribution is 6.30. The smallest absolute Gasteiger partial charge is 0.164 e. The van der Waals surface area contributed by atoms with Crippen LogP contribution in [-0.4, -0.2) is 45.7 Å². The summed E-state index contributed by atoms with van der Waals surface area (Å²) in [5.74, 6) is -0.0288. The second-order valence-corrected chi connectivity index (χ2v) is 8.45. The number of nitrogens with zero attached hydrogens (tertiary/aromatic N) is 2. The zero-order valence-electron chi connectivity index (χ0n) is 16.7. The van der Waals surface area contributed by atoms with Crippen LogP contribution in [0, 0.1) is 0 Å². The Bertz CT molecular complexity index is 1070. The Morgan fingerprint density at radius 1 is 1.13 bits per heavy atom. The summed E-state index contributed by atoms with van der Waals surface area (Å²) in [6.45, 7) is 5.01. The van der Waals surface area contributed by atoms with Crippen molar-refractivity contribution in [1.82, 2.24) is 15.0 Å². The Hall–Kier alpha value is -2.23. The van der Waals surface area contributed by atoms with Crippen LogP contribution in [0.25, 0.3) is 11.0 Å². The van der Waals surface area contributed by atoms with E-state index >= 15 is 0 Å². The van der Waals surface area contributed by atoms with E-state index < -0.39 is 5.79 Å². The average molecular weight is 431 g/mol. The van der Waals surface area contributed by atoms with E-state index in [1.165, 1.54) is 11.9 Å². The number of rotatable bonds is 1. The quantitative estimate of drug-likeness (QED) is 0.609. The minimum atomic E-state index is -0.548. The van der Waals surface area contributed by atoms with Crippen molar-refractivity contribution >= 4 is 28.5 Å². The van der Waals surface area contributed by atoms with Crippen molar-refractivity contribution in [1.29, 1.82) is 0 Å². The molecule has 6 rings (SSSR count). The van der Waals surface area contributed by atoms with E-state index in [9.17, 15) is 0 Å². The molecule has 3 aromatic rings. The molecule has 0 bridgehead atoms. The lowest BCUT2D eigenvalue weighted by atomic mass is 9.98. The fourth-order valence-corrected chi connectivity index (χ4v) is 4.41. The van der Waals surface area contributed by atoms with Gasteiger partial charge in [-0.15, -0.1) is 0 Å². The first-order chi connectivity index (χ1) is 14.4. The first-order valence-electron chi connectivity index (χ1n) is 9.82. The fraction of sp³-hybridized carbons (Fsp3) is 0.429. The van der Waals surface area contributed by atoms with Gasteiger partial charge in [-0.25, -0.2) is 9.97 Å². The Balaban J connectivity index is 0.000000161. The number of halogens is 1. The van der Waals surface area contributed by atoms with Gasteiger partial charge in [-0.1, -0.05) is 17.7 Å². The van der Waals surface area contributed by atoms with E-state index in [1.54, 1.807) is 6.20 Å². The number of hydrogen-bond donors (Lipinski definition) is 2. The van der Waals surface area contributed by atoms with Crippen LogP contribution >= 0.6 is 11.6 Å². The van der Waals surface area contributed by atoms with E-state index in [0.717, 1.165) is 21.6 Å². The number of benzene rings is 1. The first-order valence-corrected chi connectivity index (χ1v) is 10.2. The van der Waals surface area contributed by atoms with Crippen molar-refractivity contribution in [2.24, 2.45) is 0 Å². The Morgan fingerprint density at radius 2 is 2.00 bits per heavy atom. The average Bonchev–Trinajstić information content (AvgIpc) is 3.45. The predicted molar refractivity (Wildman–Crippen MR) is 111 cm³/mol. The number of nitrogens with one attached hydrogen (secondary N) is 1. The molecule has 30 heavy (non-hydrogen) atoms. The van der Waals surface area contributed by atoms with Gasteiger partial charge < -0.3 is 29.7 Å². The molecule has 0 spiro atoms. The molecule has 3 N–H and O–H groups in total. The lowest BCUT2D eigenvalue weighted by Gasteiger charge is -2.25. The number of nitrogen functional groups attached to an aromatic ring is 1. The van der Waals surface area contributed by atoms with Crippen molar-refractivity contribution in [3.63, 3.8) is 0 Å². The molecule has 4 unspecified atom stereocenters. The van der Waals surface area contributed by atoms with E-state index in [0.29, 0.717) is 19.0 Å². The minimum Gasteiger partial charge on any atom is -0.383 e. The molecule has 2 fully saturated rings. The van der Waals surface area contributed by atoms with Gasteiger partial charge in [-0.05, 0) is 43.2 Å². The maximum Gasteiger partial charge on any atom is 0.164 e. The molecule has 8 nitrogen and oxygen atoms in total. The highest BCUT2D eigenvalue weighted by Gasteiger charge is 2.53. The second kappa shape index (κ2) is 7.47. The number of ether oxygens (including phenoxy) is 4. The van der Waals surface area contributed by atoms with Gasteiger partial charge in [0.2, 0.25) is 0 Å². The SMILES string of the molecule is CC1(C)OC2COC(C3OCc4ccc(Cl)cc43)C2O1.Nc1ncnc2[nH]ccc12. The van der Waals surface area contributed by atoms with Crippen LogP contribution in [0.3, 0.4) is 0 Å². The molecule has 0 radical (unpaired) electrons. The summed E-state index contributed by atoms with van der Waals surface area (Å²) in [5, 5.41) is 1.60. The molecule has 5 heterocycles. The van der Waals surface area contributed by atoms with Gasteiger partial charge in [-0.3, -0.25) is 0 Å². The lowest BCUT2D eigenvalue weighted by Crippen LogP contribution is -2.34. The van der Waals surface area contributed by atoms with E-state index in [4.69, 9.17) is 36.3 Å². The third kappa shape index (κ3) is 3.55. The predicted octanol–water partition coefficient (Wildman–Crippen LogP) is 3.37. The topological polar surface area (TPSA) is 105 Å². The van der Waals surface area contributed by atoms with Crippen molar-refractivity contribution in [2.75, 3.05) is 12.3 Å². The summed E-state index contributed by atoms with van der Waals surface area (Å²) in [6, 6.07) is 7.72. The molecule has 3 aliphatic rings. The maximum absolute atomic E-state index is 6.10. The summed E-state index contributed by atoms with van der Waals surface area (Å²) in [4.78, 5) is 10.7. The van der Waals surface area contributed by atoms with Gasteiger partial charge in [0.05, 0.1) is 18.6 Å². The molecule has 0 aliphatic carbocycles. The number of H-pyrrole nitrogens is 1. The molecule has 0 saturated carbocycles. The Morgan fingerprint density at radius 3 is 2.83 bits per heavy atom. The normalized spacial score (nSPS) is 28.8. The molecule has 0 amide bonds. The number of aromatic nitrogens is 3. The summed E-state index contributed by atoms with van der Waals surface area (Å²) in [7, 11) is 0. The van der Waals surface area contributed by atoms with Crippen molar-refractivity contribution < 1.29 is 18.9 Å². The molecule has 9 heteroatoms. The number of fused-ring (bicyclic) bond motifs is 3. The molecule has 2 saturated heterocycles. The zero-order valence-corrected chi connectivity index (χ0v) is 17.4. The van der Waals surface area contributed by atoms with Crippen molar-refractivity contribution in [2.45, 2.75) is 50.7 Å². The standard InChI is InChI=1S/C15H17ClO4.C6H6N4/c1-15(2)19-11-7-18-14(13(11)20-15)12-10-5-9(16)4-3-8(10)6-17-12;7-5-4-1-2-8-6(4)10-3-9-5/h3-5,11-14H,6-7H2,1-2H3;1-3H,(H3,7,8,9,10). The zero-order chi connectivity index (χ0) is 20.9. The van der Waals surface area contributed by atoms with Gasteiger partial charge in [0, 0.05) is 11.2 Å². The highest BCUT2D eigenvalue weighted by Crippen LogP contribution is 2.44. The summed E-state index contributed by atoms with van der Waals surface area (Å²) in [5.41, 5.74) is 8.59. The lowest BCUT2D eigenvalue weighted by molar-refractivity contribution is -0.187. The summed E-state index contributed by atoms with van der Waals surface area (Å²) >= 11 is 6.10. The Labute approximate surface area is 178 Å². The number of aromatic amines is 1. The number of nitrogens with two attached hydrogens (primary N) is 1. The highest BCUT2D eigenvalue weighted by atomic mass is 35.5. The van der Waals surface area contributed by atoms with Crippen molar-refractivity contribution in [3.05, 3.63) is 52.9 Å². The first kappa shape index (κ1) is 19.7. The van der Waals surface area contributed by atoms with Crippen LogP contribution in [0.4, 0.5) is 5.82 Å². The number of anilines is 1. The summed E-state index contributed by atoms with van der Waals surface area (Å²) in [6.07, 6.45) is 2.86. The molecule has 158 valence electrons. The molecule has 4 atom stereocenters. The maximum atomic E-state index is 6.10. The number of hydrogen-bond acceptors (Lipinski definition) is 7. The van der Waals surface area contributed by atoms with Crippen molar-refractivity contribution in [3.8, 4) is 0 Å². The van der Waals surface area contributed by atoms with Gasteiger partial charge in [0.25, 0.3) is 0 Å². The fourth-order valence-electron chi connectivity index (χ4n) is 4.23. The van der Waals surface area contributed by atoms with Crippen LogP contribution in [-0.2, 0) is 25.6 Å². The molecule has 2 aromatic heterocycles. The third-order valence-corrected chi connectivity index (χ3v) is 5.75. The van der Waals surface area contributed by atoms with Crippen LogP contribution in [0.1, 0.15) is 31.1 Å². The van der Waals surface area contributed by atoms with Gasteiger partial charge >= 0.3 is 0 Å². The van der Waals surface area contributed by atoms with Crippen LogP contribution in [0.15, 0.2) is 36.8 Å². The van der Waals surface area contributed by atoms with E-state index in [-0.39, 0.29) is 24.4 Å². The second-order valence-electron chi connectivity index (χ2n) is 8.01. The third-order valence-electron chi connectivity index (χ3n) is 5.51. The molecular formula is C21H23ClN4O4. The van der Waals surface area contributed by atoms with E-state index in [1.807, 2.05) is 38.1 Å². The van der Waals surface area contributed by atoms with Gasteiger partial charge in [0.1, 0.15) is 42.2 Å². The van der Waals surface area contributed by atoms with Crippen LogP contribution in [0.5, 0.6) is 0 Å². The van der Waals surface area contributed by atoms with Crippen LogP contribution < -0.4 is 5.73 Å². The van der Waals surface area contributed by atoms with Gasteiger partial charge in [0.15, 0.2) is 5.79 Å². The molecule has 1 aromatic carbocycles. The minimum absolute atomic E-state index is 0.0122. The summed E-state index contributed by atoms with van der Waals surface area (Å²) < 4.78 is 23.6. The monoisotopic (exact) mass is 430 g/mol. The van der Waals surface area contributed by atoms with Gasteiger partial charge in [-0.2, -0.15) is 0 Å². The largest absolute Gasteiger partial charge is 0.383 e. The van der Waals surface area contributed by atoms with Crippen LogP contribution in [0.2, 0.25) is 5.02 Å².